The van der Waals surface area contributed by atoms with Crippen molar-refractivity contribution >= 4 is 16.8 Å². The van der Waals surface area contributed by atoms with Gasteiger partial charge < -0.3 is 15.2 Å². The van der Waals surface area contributed by atoms with E-state index in [0.29, 0.717) is 18.0 Å². The van der Waals surface area contributed by atoms with Crippen molar-refractivity contribution in [2.24, 2.45) is 0 Å². The molecule has 3 rings (SSSR count). The normalized spacial score (nSPS) is 10.8. The molecule has 0 fully saturated rings. The average molecular weight is 325 g/mol. The topological polar surface area (TPSA) is 87.2 Å². The Morgan fingerprint density at radius 3 is 2.96 bits per heavy atom. The van der Waals surface area contributed by atoms with E-state index in [4.69, 9.17) is 9.84 Å². The number of rotatable bonds is 6. The van der Waals surface area contributed by atoms with E-state index in [9.17, 15) is 4.79 Å². The third-order valence-corrected chi connectivity index (χ3v) is 3.69. The average Bonchev–Trinajstić information content (AvgIpc) is 3.01. The van der Waals surface area contributed by atoms with Gasteiger partial charge in [-0.15, -0.1) is 0 Å². The number of fused-ring (bicyclic) bond motifs is 1. The van der Waals surface area contributed by atoms with Crippen LogP contribution in [0.3, 0.4) is 0 Å². The van der Waals surface area contributed by atoms with Crippen LogP contribution in [0.15, 0.2) is 42.5 Å². The number of hydrogen-bond acceptors (Lipinski definition) is 4. The number of aliphatic hydroxyl groups is 1. The fourth-order valence-electron chi connectivity index (χ4n) is 2.51. The molecular formula is C18H19N3O3. The minimum absolute atomic E-state index is 0.0562. The molecule has 0 radical (unpaired) electrons. The Bertz CT molecular complexity index is 858. The standard InChI is InChI=1S/C18H19N3O3/c1-12-6-7-15-14(10-12)17(21-20-15)18(23)19-11-13-4-2-3-5-16(13)24-9-8-22/h2-7,10,22H,8-9,11H2,1H3,(H,19,23)(H,20,21). The molecule has 6 heteroatoms. The summed E-state index contributed by atoms with van der Waals surface area (Å²) in [6.07, 6.45) is 0. The van der Waals surface area contributed by atoms with Crippen LogP contribution in [0.25, 0.3) is 10.9 Å². The smallest absolute Gasteiger partial charge is 0.272 e. The number of H-pyrrole nitrogens is 1. The predicted molar refractivity (Wildman–Crippen MR) is 91.0 cm³/mol. The van der Waals surface area contributed by atoms with E-state index in [-0.39, 0.29) is 19.1 Å². The lowest BCUT2D eigenvalue weighted by molar-refractivity contribution is 0.0947. The Morgan fingerprint density at radius 1 is 1.29 bits per heavy atom. The van der Waals surface area contributed by atoms with Crippen molar-refractivity contribution in [3.63, 3.8) is 0 Å². The van der Waals surface area contributed by atoms with Gasteiger partial charge in [-0.05, 0) is 25.1 Å². The van der Waals surface area contributed by atoms with Gasteiger partial charge in [-0.1, -0.05) is 29.8 Å². The summed E-state index contributed by atoms with van der Waals surface area (Å²) in [4.78, 5) is 12.5. The van der Waals surface area contributed by atoms with Crippen LogP contribution in [0.5, 0.6) is 5.75 Å². The number of carbonyl (C=O) groups is 1. The van der Waals surface area contributed by atoms with Crippen LogP contribution in [-0.4, -0.2) is 34.4 Å². The monoisotopic (exact) mass is 325 g/mol. The SMILES string of the molecule is Cc1ccc2[nH]nc(C(=O)NCc3ccccc3OCCO)c2c1. The summed E-state index contributed by atoms with van der Waals surface area (Å²) in [5, 5.41) is 19.5. The molecular weight excluding hydrogens is 306 g/mol. The zero-order valence-corrected chi connectivity index (χ0v) is 13.4. The molecule has 6 nitrogen and oxygen atoms in total. The second kappa shape index (κ2) is 7.14. The molecule has 0 atom stereocenters. The Balaban J connectivity index is 1.75. The maximum absolute atomic E-state index is 12.5. The lowest BCUT2D eigenvalue weighted by Gasteiger charge is -2.11. The Morgan fingerprint density at radius 2 is 2.12 bits per heavy atom. The molecule has 1 heterocycles. The second-order valence-corrected chi connectivity index (χ2v) is 5.48. The maximum atomic E-state index is 12.5. The number of nitrogens with one attached hydrogen (secondary N) is 2. The molecule has 0 aliphatic heterocycles. The van der Waals surface area contributed by atoms with E-state index in [1.807, 2.05) is 49.4 Å². The van der Waals surface area contributed by atoms with Crippen LogP contribution in [-0.2, 0) is 6.54 Å². The highest BCUT2D eigenvalue weighted by molar-refractivity contribution is 6.04. The number of aliphatic hydroxyl groups excluding tert-OH is 1. The number of hydrogen-bond donors (Lipinski definition) is 3. The molecule has 1 amide bonds. The van der Waals surface area contributed by atoms with Gasteiger partial charge in [0.15, 0.2) is 5.69 Å². The van der Waals surface area contributed by atoms with Crippen LogP contribution >= 0.6 is 0 Å². The molecule has 0 saturated carbocycles. The number of aryl methyl sites for hydroxylation is 1. The molecule has 24 heavy (non-hydrogen) atoms. The number of carbonyl (C=O) groups excluding carboxylic acids is 1. The van der Waals surface area contributed by atoms with Gasteiger partial charge in [-0.2, -0.15) is 5.10 Å². The summed E-state index contributed by atoms with van der Waals surface area (Å²) in [6, 6.07) is 13.2. The zero-order chi connectivity index (χ0) is 16.9. The fraction of sp³-hybridized carbons (Fsp3) is 0.222. The highest BCUT2D eigenvalue weighted by atomic mass is 16.5. The van der Waals surface area contributed by atoms with Gasteiger partial charge in [0.1, 0.15) is 12.4 Å². The number of aromatic amines is 1. The molecule has 0 aliphatic carbocycles. The number of amides is 1. The zero-order valence-electron chi connectivity index (χ0n) is 13.4. The molecule has 0 saturated heterocycles. The van der Waals surface area contributed by atoms with E-state index in [0.717, 1.165) is 22.0 Å². The summed E-state index contributed by atoms with van der Waals surface area (Å²) in [7, 11) is 0. The van der Waals surface area contributed by atoms with Crippen LogP contribution < -0.4 is 10.1 Å². The summed E-state index contributed by atoms with van der Waals surface area (Å²) >= 11 is 0. The Kier molecular flexibility index (Phi) is 4.77. The van der Waals surface area contributed by atoms with Gasteiger partial charge in [0.25, 0.3) is 5.91 Å². The van der Waals surface area contributed by atoms with Gasteiger partial charge >= 0.3 is 0 Å². The summed E-state index contributed by atoms with van der Waals surface area (Å²) in [5.74, 6) is 0.401. The van der Waals surface area contributed by atoms with Gasteiger partial charge in [-0.3, -0.25) is 9.89 Å². The summed E-state index contributed by atoms with van der Waals surface area (Å²) in [6.45, 7) is 2.46. The van der Waals surface area contributed by atoms with E-state index in [1.165, 1.54) is 0 Å². The minimum atomic E-state index is -0.246. The van der Waals surface area contributed by atoms with Crippen LogP contribution in [0.2, 0.25) is 0 Å². The first-order valence-corrected chi connectivity index (χ1v) is 7.73. The van der Waals surface area contributed by atoms with E-state index < -0.39 is 0 Å². The van der Waals surface area contributed by atoms with Gasteiger partial charge in [0.2, 0.25) is 0 Å². The maximum Gasteiger partial charge on any atom is 0.272 e. The number of nitrogens with zero attached hydrogens (tertiary/aromatic N) is 1. The lowest BCUT2D eigenvalue weighted by Crippen LogP contribution is -2.23. The van der Waals surface area contributed by atoms with E-state index in [2.05, 4.69) is 15.5 Å². The highest BCUT2D eigenvalue weighted by Crippen LogP contribution is 2.19. The molecule has 3 N–H and O–H groups in total. The predicted octanol–water partition coefficient (Wildman–Crippen LogP) is 2.17. The minimum Gasteiger partial charge on any atom is -0.491 e. The molecule has 0 unspecified atom stereocenters. The van der Waals surface area contributed by atoms with Crippen LogP contribution in [0.4, 0.5) is 0 Å². The Labute approximate surface area is 139 Å². The number of benzene rings is 2. The third-order valence-electron chi connectivity index (χ3n) is 3.69. The van der Waals surface area contributed by atoms with Crippen molar-refractivity contribution in [2.45, 2.75) is 13.5 Å². The quantitative estimate of drug-likeness (QED) is 0.648. The lowest BCUT2D eigenvalue weighted by atomic mass is 10.1. The third kappa shape index (κ3) is 3.38. The van der Waals surface area contributed by atoms with E-state index >= 15 is 0 Å². The Hall–Kier alpha value is -2.86. The number of ether oxygens (including phenoxy) is 1. The van der Waals surface area contributed by atoms with Crippen molar-refractivity contribution in [1.82, 2.24) is 15.5 Å². The number of para-hydroxylation sites is 1. The van der Waals surface area contributed by atoms with Crippen molar-refractivity contribution in [3.8, 4) is 5.75 Å². The van der Waals surface area contributed by atoms with Crippen LogP contribution in [0, 0.1) is 6.92 Å². The summed E-state index contributed by atoms with van der Waals surface area (Å²) in [5.41, 5.74) is 3.12. The largest absolute Gasteiger partial charge is 0.491 e. The second-order valence-electron chi connectivity index (χ2n) is 5.48. The first kappa shape index (κ1) is 16.0. The first-order valence-electron chi connectivity index (χ1n) is 7.73. The van der Waals surface area contributed by atoms with Gasteiger partial charge in [0.05, 0.1) is 12.1 Å². The van der Waals surface area contributed by atoms with E-state index in [1.54, 1.807) is 0 Å². The molecule has 0 bridgehead atoms. The first-order chi connectivity index (χ1) is 11.7. The summed E-state index contributed by atoms with van der Waals surface area (Å²) < 4.78 is 5.47. The van der Waals surface area contributed by atoms with Gasteiger partial charge in [-0.25, -0.2) is 0 Å². The fourth-order valence-corrected chi connectivity index (χ4v) is 2.51. The van der Waals surface area contributed by atoms with Crippen molar-refractivity contribution < 1.29 is 14.6 Å². The molecule has 1 aromatic heterocycles. The van der Waals surface area contributed by atoms with Crippen molar-refractivity contribution in [2.75, 3.05) is 13.2 Å². The molecule has 0 spiro atoms. The van der Waals surface area contributed by atoms with Crippen molar-refractivity contribution in [3.05, 3.63) is 59.3 Å². The van der Waals surface area contributed by atoms with Crippen LogP contribution in [0.1, 0.15) is 21.6 Å². The molecule has 124 valence electrons. The molecule has 0 aliphatic rings. The van der Waals surface area contributed by atoms with Crippen molar-refractivity contribution in [1.29, 1.82) is 0 Å². The number of aromatic nitrogens is 2. The highest BCUT2D eigenvalue weighted by Gasteiger charge is 2.14. The van der Waals surface area contributed by atoms with Gasteiger partial charge in [0, 0.05) is 17.5 Å². The molecule has 3 aromatic rings. The molecule has 2 aromatic carbocycles.